The van der Waals surface area contributed by atoms with E-state index in [1.165, 1.54) is 0 Å². The second-order valence-corrected chi connectivity index (χ2v) is 7.57. The Bertz CT molecular complexity index is 1260. The largest absolute Gasteiger partial charge is 0.467 e. The summed E-state index contributed by atoms with van der Waals surface area (Å²) in [4.78, 5) is 24.9. The number of hydrogen-bond donors (Lipinski definition) is 3. The molecule has 1 aromatic heterocycles. The smallest absolute Gasteiger partial charge is 0.251 e. The molecular weight excluding hydrogens is 422 g/mol. The number of hydrogen-bond acceptors (Lipinski definition) is 4. The van der Waals surface area contributed by atoms with Crippen molar-refractivity contribution in [2.45, 2.75) is 13.0 Å². The van der Waals surface area contributed by atoms with Crippen LogP contribution in [0, 0.1) is 0 Å². The monoisotopic (exact) mass is 443 g/mol. The Morgan fingerprint density at radius 1 is 0.906 bits per heavy atom. The van der Waals surface area contributed by atoms with Gasteiger partial charge >= 0.3 is 0 Å². The molecule has 3 aromatic carbocycles. The van der Waals surface area contributed by atoms with Crippen molar-refractivity contribution < 1.29 is 14.0 Å². The number of carbonyl (C=O) groups is 2. The predicted octanol–water partition coefficient (Wildman–Crippen LogP) is 4.42. The molecule has 0 atom stereocenters. The molecule has 0 bridgehead atoms. The minimum atomic E-state index is -0.240. The average Bonchev–Trinajstić information content (AvgIpc) is 3.31. The fraction of sp³-hybridized carbons (Fsp3) is 0.0800. The zero-order chi connectivity index (χ0) is 22.3. The van der Waals surface area contributed by atoms with Gasteiger partial charge in [-0.2, -0.15) is 0 Å². The van der Waals surface area contributed by atoms with Crippen LogP contribution in [0.15, 0.2) is 89.5 Å². The molecule has 6 nitrogen and oxygen atoms in total. The van der Waals surface area contributed by atoms with Crippen molar-refractivity contribution in [1.82, 2.24) is 10.6 Å². The van der Waals surface area contributed by atoms with Crippen LogP contribution in [0.5, 0.6) is 0 Å². The SMILES string of the molecule is O=C(Cc1cccc2ccccc12)NC(=S)Nc1cccc(C(=O)NCc2ccco2)c1. The molecule has 160 valence electrons. The summed E-state index contributed by atoms with van der Waals surface area (Å²) >= 11 is 5.28. The van der Waals surface area contributed by atoms with Gasteiger partial charge in [-0.15, -0.1) is 0 Å². The summed E-state index contributed by atoms with van der Waals surface area (Å²) < 4.78 is 5.21. The first-order valence-corrected chi connectivity index (χ1v) is 10.5. The summed E-state index contributed by atoms with van der Waals surface area (Å²) in [6.45, 7) is 0.298. The van der Waals surface area contributed by atoms with Gasteiger partial charge in [-0.3, -0.25) is 9.59 Å². The molecule has 3 N–H and O–H groups in total. The van der Waals surface area contributed by atoms with E-state index < -0.39 is 0 Å². The van der Waals surface area contributed by atoms with Crippen molar-refractivity contribution in [2.24, 2.45) is 0 Å². The summed E-state index contributed by atoms with van der Waals surface area (Å²) in [6.07, 6.45) is 1.76. The van der Waals surface area contributed by atoms with Gasteiger partial charge in [0.25, 0.3) is 5.91 Å². The normalized spacial score (nSPS) is 10.5. The Morgan fingerprint density at radius 3 is 2.56 bits per heavy atom. The van der Waals surface area contributed by atoms with E-state index in [1.807, 2.05) is 42.5 Å². The van der Waals surface area contributed by atoms with Gasteiger partial charge in [0.1, 0.15) is 5.76 Å². The van der Waals surface area contributed by atoms with E-state index in [0.717, 1.165) is 16.3 Å². The van der Waals surface area contributed by atoms with E-state index in [9.17, 15) is 9.59 Å². The second kappa shape index (κ2) is 9.89. The molecule has 32 heavy (non-hydrogen) atoms. The number of rotatable bonds is 6. The van der Waals surface area contributed by atoms with Gasteiger partial charge in [0.15, 0.2) is 5.11 Å². The van der Waals surface area contributed by atoms with Crippen molar-refractivity contribution in [3.05, 3.63) is 102 Å². The number of anilines is 1. The highest BCUT2D eigenvalue weighted by Crippen LogP contribution is 2.19. The van der Waals surface area contributed by atoms with E-state index in [-0.39, 0.29) is 23.3 Å². The van der Waals surface area contributed by atoms with Crippen LogP contribution >= 0.6 is 12.2 Å². The standard InChI is InChI=1S/C25H21N3O3S/c29-23(15-18-8-3-7-17-6-1-2-12-22(17)18)28-25(32)27-20-10-4-9-19(14-20)24(30)26-16-21-11-5-13-31-21/h1-14H,15-16H2,(H,26,30)(H2,27,28,29,32). The first-order valence-electron chi connectivity index (χ1n) is 10.1. The molecule has 1 heterocycles. The van der Waals surface area contributed by atoms with Crippen LogP contribution in [-0.4, -0.2) is 16.9 Å². The molecule has 0 saturated carbocycles. The van der Waals surface area contributed by atoms with Gasteiger partial charge in [-0.05, 0) is 58.9 Å². The lowest BCUT2D eigenvalue weighted by molar-refractivity contribution is -0.119. The maximum Gasteiger partial charge on any atom is 0.251 e. The third-order valence-electron chi connectivity index (χ3n) is 4.87. The highest BCUT2D eigenvalue weighted by Gasteiger charge is 2.11. The van der Waals surface area contributed by atoms with Crippen molar-refractivity contribution in [3.63, 3.8) is 0 Å². The second-order valence-electron chi connectivity index (χ2n) is 7.16. The minimum Gasteiger partial charge on any atom is -0.467 e. The lowest BCUT2D eigenvalue weighted by Crippen LogP contribution is -2.35. The summed E-state index contributed by atoms with van der Waals surface area (Å²) in [5.41, 5.74) is 2.00. The Labute approximate surface area is 190 Å². The van der Waals surface area contributed by atoms with Crippen LogP contribution < -0.4 is 16.0 Å². The van der Waals surface area contributed by atoms with Gasteiger partial charge < -0.3 is 20.4 Å². The number of furan rings is 1. The zero-order valence-corrected chi connectivity index (χ0v) is 17.9. The Hall–Kier alpha value is -3.97. The average molecular weight is 444 g/mol. The van der Waals surface area contributed by atoms with Gasteiger partial charge in [-0.25, -0.2) is 0 Å². The molecule has 0 aliphatic carbocycles. The Morgan fingerprint density at radius 2 is 1.72 bits per heavy atom. The highest BCUT2D eigenvalue weighted by atomic mass is 32.1. The third kappa shape index (κ3) is 5.39. The van der Waals surface area contributed by atoms with Gasteiger partial charge in [-0.1, -0.05) is 48.5 Å². The molecule has 4 aromatic rings. The van der Waals surface area contributed by atoms with Crippen LogP contribution in [0.2, 0.25) is 0 Å². The van der Waals surface area contributed by atoms with Crippen molar-refractivity contribution in [1.29, 1.82) is 0 Å². The van der Waals surface area contributed by atoms with Crippen LogP contribution in [0.1, 0.15) is 21.7 Å². The Balaban J connectivity index is 1.34. The number of amides is 2. The van der Waals surface area contributed by atoms with Crippen LogP contribution in [0.4, 0.5) is 5.69 Å². The summed E-state index contributed by atoms with van der Waals surface area (Å²) in [6, 6.07) is 24.2. The van der Waals surface area contributed by atoms with E-state index in [1.54, 1.807) is 42.7 Å². The van der Waals surface area contributed by atoms with Gasteiger partial charge in [0.05, 0.1) is 19.2 Å². The topological polar surface area (TPSA) is 83.4 Å². The lowest BCUT2D eigenvalue weighted by Gasteiger charge is -2.12. The molecular formula is C25H21N3O3S. The van der Waals surface area contributed by atoms with Gasteiger partial charge in [0.2, 0.25) is 5.91 Å². The number of fused-ring (bicyclic) bond motifs is 1. The first kappa shape index (κ1) is 21.3. The molecule has 0 spiro atoms. The highest BCUT2D eigenvalue weighted by molar-refractivity contribution is 7.80. The van der Waals surface area contributed by atoms with E-state index in [0.29, 0.717) is 23.6 Å². The zero-order valence-electron chi connectivity index (χ0n) is 17.1. The van der Waals surface area contributed by atoms with Crippen molar-refractivity contribution >= 4 is 45.6 Å². The fourth-order valence-corrected chi connectivity index (χ4v) is 3.61. The number of carbonyl (C=O) groups excluding carboxylic acids is 2. The number of nitrogens with one attached hydrogen (secondary N) is 3. The molecule has 0 fully saturated rings. The van der Waals surface area contributed by atoms with Gasteiger partial charge in [0, 0.05) is 11.3 Å². The molecule has 4 rings (SSSR count). The van der Waals surface area contributed by atoms with Crippen molar-refractivity contribution in [2.75, 3.05) is 5.32 Å². The van der Waals surface area contributed by atoms with Crippen LogP contribution in [-0.2, 0) is 17.8 Å². The predicted molar refractivity (Wildman–Crippen MR) is 128 cm³/mol. The molecule has 0 aliphatic rings. The van der Waals surface area contributed by atoms with Crippen LogP contribution in [0.3, 0.4) is 0 Å². The van der Waals surface area contributed by atoms with Crippen molar-refractivity contribution in [3.8, 4) is 0 Å². The lowest BCUT2D eigenvalue weighted by atomic mass is 10.0. The number of benzene rings is 3. The quantitative estimate of drug-likeness (QED) is 0.384. The number of thiocarbonyl (C=S) groups is 1. The molecule has 7 heteroatoms. The minimum absolute atomic E-state index is 0.170. The molecule has 0 saturated heterocycles. The fourth-order valence-electron chi connectivity index (χ4n) is 3.37. The van der Waals surface area contributed by atoms with E-state index >= 15 is 0 Å². The molecule has 0 radical (unpaired) electrons. The molecule has 0 aliphatic heterocycles. The molecule has 0 unspecified atom stereocenters. The Kier molecular flexibility index (Phi) is 6.57. The van der Waals surface area contributed by atoms with E-state index in [2.05, 4.69) is 16.0 Å². The molecule has 2 amide bonds. The summed E-state index contributed by atoms with van der Waals surface area (Å²) in [5.74, 6) is 0.213. The van der Waals surface area contributed by atoms with E-state index in [4.69, 9.17) is 16.6 Å². The third-order valence-corrected chi connectivity index (χ3v) is 5.07. The maximum absolute atomic E-state index is 12.5. The van der Waals surface area contributed by atoms with Crippen LogP contribution in [0.25, 0.3) is 10.8 Å². The first-order chi connectivity index (χ1) is 15.6. The maximum atomic E-state index is 12.5. The summed E-state index contributed by atoms with van der Waals surface area (Å²) in [5, 5.41) is 10.7. The summed E-state index contributed by atoms with van der Waals surface area (Å²) in [7, 11) is 0.